The molecule has 2 rings (SSSR count). The summed E-state index contributed by atoms with van der Waals surface area (Å²) in [5.41, 5.74) is -0.547. The number of halogens is 2. The van der Waals surface area contributed by atoms with Gasteiger partial charge >= 0.3 is 12.0 Å². The van der Waals surface area contributed by atoms with E-state index in [1.54, 1.807) is 18.2 Å². The minimum absolute atomic E-state index is 0.466. The number of hydrogen-bond acceptors (Lipinski definition) is 2. The van der Waals surface area contributed by atoms with E-state index in [4.69, 9.17) is 11.6 Å². The summed E-state index contributed by atoms with van der Waals surface area (Å²) in [6.45, 7) is 0. The first-order valence-electron chi connectivity index (χ1n) is 6.70. The molecule has 0 unspecified atom stereocenters. The molecule has 21 heavy (non-hydrogen) atoms. The van der Waals surface area contributed by atoms with E-state index >= 15 is 0 Å². The average molecular weight is 423 g/mol. The maximum Gasteiger partial charge on any atom is 0.329 e. The molecule has 0 heterocycles. The number of urea groups is 1. The Kier molecular flexibility index (Phi) is 5.32. The Morgan fingerprint density at radius 1 is 1.24 bits per heavy atom. The van der Waals surface area contributed by atoms with E-state index in [0.29, 0.717) is 23.6 Å². The summed E-state index contributed by atoms with van der Waals surface area (Å²) in [7, 11) is 0. The molecule has 1 aliphatic rings. The number of amides is 2. The van der Waals surface area contributed by atoms with Gasteiger partial charge in [-0.3, -0.25) is 0 Å². The highest BCUT2D eigenvalue weighted by Crippen LogP contribution is 2.29. The second-order valence-electron chi connectivity index (χ2n) is 5.15. The highest BCUT2D eigenvalue weighted by molar-refractivity contribution is 14.1. The summed E-state index contributed by atoms with van der Waals surface area (Å²) < 4.78 is 0.795. The van der Waals surface area contributed by atoms with Crippen LogP contribution in [0, 0.1) is 3.57 Å². The van der Waals surface area contributed by atoms with Crippen molar-refractivity contribution in [3.05, 3.63) is 26.8 Å². The van der Waals surface area contributed by atoms with Crippen LogP contribution in [0.15, 0.2) is 18.2 Å². The summed E-state index contributed by atoms with van der Waals surface area (Å²) in [4.78, 5) is 23.6. The van der Waals surface area contributed by atoms with E-state index in [1.807, 2.05) is 0 Å². The molecule has 114 valence electrons. The van der Waals surface area contributed by atoms with Crippen molar-refractivity contribution in [1.29, 1.82) is 0 Å². The van der Waals surface area contributed by atoms with Gasteiger partial charge < -0.3 is 15.7 Å². The van der Waals surface area contributed by atoms with Crippen LogP contribution >= 0.6 is 34.2 Å². The maximum atomic E-state index is 12.1. The van der Waals surface area contributed by atoms with E-state index in [0.717, 1.165) is 22.8 Å². The van der Waals surface area contributed by atoms with Crippen LogP contribution in [-0.2, 0) is 4.79 Å². The second-order valence-corrected chi connectivity index (χ2v) is 6.75. The van der Waals surface area contributed by atoms with Crippen molar-refractivity contribution < 1.29 is 14.7 Å². The average Bonchev–Trinajstić information content (AvgIpc) is 2.43. The third-order valence-corrected chi connectivity index (χ3v) is 4.78. The molecular weight excluding hydrogens is 407 g/mol. The summed E-state index contributed by atoms with van der Waals surface area (Å²) in [5.74, 6) is -0.969. The number of aliphatic carboxylic acids is 1. The second kappa shape index (κ2) is 6.83. The molecule has 0 spiro atoms. The molecule has 1 aromatic carbocycles. The number of hydrogen-bond donors (Lipinski definition) is 3. The number of carbonyl (C=O) groups is 2. The highest BCUT2D eigenvalue weighted by atomic mass is 127. The van der Waals surface area contributed by atoms with Crippen LogP contribution in [0.1, 0.15) is 32.1 Å². The maximum absolute atomic E-state index is 12.1. The zero-order chi connectivity index (χ0) is 15.5. The van der Waals surface area contributed by atoms with Crippen molar-refractivity contribution in [2.45, 2.75) is 37.6 Å². The lowest BCUT2D eigenvalue weighted by molar-refractivity contribution is -0.145. The molecule has 0 bridgehead atoms. The Morgan fingerprint density at radius 3 is 2.48 bits per heavy atom. The predicted molar refractivity (Wildman–Crippen MR) is 89.8 cm³/mol. The Hall–Kier alpha value is -1.02. The molecule has 1 saturated carbocycles. The molecule has 1 aromatic rings. The molecule has 0 atom stereocenters. The quantitative estimate of drug-likeness (QED) is 0.647. The zero-order valence-electron chi connectivity index (χ0n) is 11.3. The van der Waals surface area contributed by atoms with Crippen molar-refractivity contribution >= 4 is 51.9 Å². The summed E-state index contributed by atoms with van der Waals surface area (Å²) in [6.07, 6.45) is 3.56. The standard InChI is InChI=1S/C14H16ClIN2O3/c15-9-4-5-11(10(16)8-9)17-13(21)18-14(12(19)20)6-2-1-3-7-14/h4-5,8H,1-3,6-7H2,(H,19,20)(H2,17,18,21). The van der Waals surface area contributed by atoms with Gasteiger partial charge in [-0.05, 0) is 53.6 Å². The molecule has 2 amide bonds. The monoisotopic (exact) mass is 422 g/mol. The van der Waals surface area contributed by atoms with Crippen LogP contribution in [0.3, 0.4) is 0 Å². The molecule has 3 N–H and O–H groups in total. The summed E-state index contributed by atoms with van der Waals surface area (Å²) >= 11 is 7.93. The number of anilines is 1. The summed E-state index contributed by atoms with van der Waals surface area (Å²) in [6, 6.07) is 4.59. The normalized spacial score (nSPS) is 17.0. The van der Waals surface area contributed by atoms with Crippen LogP contribution in [0.25, 0.3) is 0 Å². The number of benzene rings is 1. The first-order chi connectivity index (χ1) is 9.93. The predicted octanol–water partition coefficient (Wildman–Crippen LogP) is 3.85. The van der Waals surface area contributed by atoms with Gasteiger partial charge in [0.1, 0.15) is 5.54 Å². The van der Waals surface area contributed by atoms with Crippen LogP contribution in [0.2, 0.25) is 5.02 Å². The first kappa shape index (κ1) is 16.4. The molecular formula is C14H16ClIN2O3. The van der Waals surface area contributed by atoms with Gasteiger partial charge in [0.25, 0.3) is 0 Å². The number of rotatable bonds is 3. The minimum atomic E-state index is -1.15. The number of nitrogens with one attached hydrogen (secondary N) is 2. The van der Waals surface area contributed by atoms with Crippen LogP contribution in [0.4, 0.5) is 10.5 Å². The van der Waals surface area contributed by atoms with E-state index in [-0.39, 0.29) is 0 Å². The molecule has 0 aromatic heterocycles. The Bertz CT molecular complexity index is 559. The molecule has 1 aliphatic carbocycles. The fourth-order valence-corrected chi connectivity index (χ4v) is 3.52. The lowest BCUT2D eigenvalue weighted by atomic mass is 9.82. The Balaban J connectivity index is 2.07. The highest BCUT2D eigenvalue weighted by Gasteiger charge is 2.41. The first-order valence-corrected chi connectivity index (χ1v) is 8.16. The fourth-order valence-electron chi connectivity index (χ4n) is 2.51. The Morgan fingerprint density at radius 2 is 1.90 bits per heavy atom. The number of carboxylic acids is 1. The summed E-state index contributed by atoms with van der Waals surface area (Å²) in [5, 5.41) is 15.3. The van der Waals surface area contributed by atoms with Crippen molar-refractivity contribution in [1.82, 2.24) is 5.32 Å². The zero-order valence-corrected chi connectivity index (χ0v) is 14.2. The van der Waals surface area contributed by atoms with E-state index in [9.17, 15) is 14.7 Å². The van der Waals surface area contributed by atoms with Gasteiger partial charge in [0.15, 0.2) is 0 Å². The van der Waals surface area contributed by atoms with E-state index in [2.05, 4.69) is 33.2 Å². The van der Waals surface area contributed by atoms with Gasteiger partial charge in [-0.25, -0.2) is 9.59 Å². The van der Waals surface area contributed by atoms with Gasteiger partial charge in [-0.15, -0.1) is 0 Å². The van der Waals surface area contributed by atoms with Gasteiger partial charge in [0.2, 0.25) is 0 Å². The number of carbonyl (C=O) groups excluding carboxylic acids is 1. The molecule has 7 heteroatoms. The minimum Gasteiger partial charge on any atom is -0.480 e. The van der Waals surface area contributed by atoms with Crippen LogP contribution in [0.5, 0.6) is 0 Å². The SMILES string of the molecule is O=C(Nc1ccc(Cl)cc1I)NC1(C(=O)O)CCCCC1. The van der Waals surface area contributed by atoms with Crippen LogP contribution < -0.4 is 10.6 Å². The molecule has 1 fully saturated rings. The van der Waals surface area contributed by atoms with E-state index < -0.39 is 17.5 Å². The van der Waals surface area contributed by atoms with Crippen molar-refractivity contribution in [2.75, 3.05) is 5.32 Å². The topological polar surface area (TPSA) is 78.4 Å². The van der Waals surface area contributed by atoms with Gasteiger partial charge in [0, 0.05) is 8.59 Å². The lowest BCUT2D eigenvalue weighted by Crippen LogP contribution is -2.56. The smallest absolute Gasteiger partial charge is 0.329 e. The lowest BCUT2D eigenvalue weighted by Gasteiger charge is -2.33. The third-order valence-electron chi connectivity index (χ3n) is 3.65. The molecule has 0 aliphatic heterocycles. The van der Waals surface area contributed by atoms with Crippen molar-refractivity contribution in [3.8, 4) is 0 Å². The number of carboxylic acid groups (broad SMARTS) is 1. The van der Waals surface area contributed by atoms with E-state index in [1.165, 1.54) is 0 Å². The van der Waals surface area contributed by atoms with Crippen LogP contribution in [-0.4, -0.2) is 22.6 Å². The van der Waals surface area contributed by atoms with Gasteiger partial charge in [0.05, 0.1) is 5.69 Å². The van der Waals surface area contributed by atoms with Gasteiger partial charge in [-0.2, -0.15) is 0 Å². The molecule has 0 saturated heterocycles. The Labute approximate surface area is 141 Å². The fraction of sp³-hybridized carbons (Fsp3) is 0.429. The molecule has 5 nitrogen and oxygen atoms in total. The third kappa shape index (κ3) is 4.00. The van der Waals surface area contributed by atoms with Crippen molar-refractivity contribution in [2.24, 2.45) is 0 Å². The largest absolute Gasteiger partial charge is 0.480 e. The van der Waals surface area contributed by atoms with Gasteiger partial charge in [-0.1, -0.05) is 30.9 Å². The molecule has 0 radical (unpaired) electrons. The van der Waals surface area contributed by atoms with Crippen molar-refractivity contribution in [3.63, 3.8) is 0 Å².